The molecule has 1 aliphatic rings. The monoisotopic (exact) mass is 322 g/mol. The molecule has 2 aromatic rings. The van der Waals surface area contributed by atoms with Gasteiger partial charge in [-0.25, -0.2) is 8.78 Å². The molecule has 1 fully saturated rings. The number of benzene rings is 1. The lowest BCUT2D eigenvalue weighted by Crippen LogP contribution is -2.41. The fraction of sp³-hybridized carbons (Fsp3) is 0.412. The van der Waals surface area contributed by atoms with Gasteiger partial charge in [-0.3, -0.25) is 4.90 Å². The van der Waals surface area contributed by atoms with E-state index >= 15 is 0 Å². The lowest BCUT2D eigenvalue weighted by atomic mass is 10.1. The fourth-order valence-corrected chi connectivity index (χ4v) is 2.95. The van der Waals surface area contributed by atoms with E-state index in [9.17, 15) is 8.78 Å². The molecule has 4 nitrogen and oxygen atoms in total. The van der Waals surface area contributed by atoms with Crippen molar-refractivity contribution in [3.8, 4) is 0 Å². The maximum absolute atomic E-state index is 13.3. The molecule has 6 heteroatoms. The van der Waals surface area contributed by atoms with Crippen LogP contribution in [0.25, 0.3) is 0 Å². The van der Waals surface area contributed by atoms with Crippen molar-refractivity contribution in [1.82, 2.24) is 4.90 Å². The Balaban J connectivity index is 1.58. The van der Waals surface area contributed by atoms with Gasteiger partial charge in [-0.05, 0) is 43.7 Å². The zero-order chi connectivity index (χ0) is 16.2. The number of nitrogens with one attached hydrogen (secondary N) is 1. The van der Waals surface area contributed by atoms with Gasteiger partial charge in [0.2, 0.25) is 0 Å². The molecule has 2 heterocycles. The van der Waals surface area contributed by atoms with E-state index in [1.165, 1.54) is 6.07 Å². The Hall–Kier alpha value is -1.92. The zero-order valence-electron chi connectivity index (χ0n) is 12.8. The Morgan fingerprint density at radius 3 is 2.74 bits per heavy atom. The Kier molecular flexibility index (Phi) is 4.93. The summed E-state index contributed by atoms with van der Waals surface area (Å²) in [6.45, 7) is 2.34. The lowest BCUT2D eigenvalue weighted by molar-refractivity contribution is 0.186. The molecule has 0 saturated carbocycles. The number of anilines is 1. The summed E-state index contributed by atoms with van der Waals surface area (Å²) in [4.78, 5) is 2.25. The first kappa shape index (κ1) is 16.0. The Morgan fingerprint density at radius 2 is 2.00 bits per heavy atom. The van der Waals surface area contributed by atoms with Crippen LogP contribution in [0.3, 0.4) is 0 Å². The van der Waals surface area contributed by atoms with Gasteiger partial charge in [0.05, 0.1) is 6.54 Å². The van der Waals surface area contributed by atoms with Crippen LogP contribution in [0.2, 0.25) is 0 Å². The first-order valence-electron chi connectivity index (χ1n) is 7.76. The molecule has 1 atom stereocenters. The summed E-state index contributed by atoms with van der Waals surface area (Å²) in [6, 6.07) is 7.71. The van der Waals surface area contributed by atoms with Gasteiger partial charge in [-0.1, -0.05) is 0 Å². The third-order valence-corrected chi connectivity index (χ3v) is 4.05. The molecule has 1 aromatic carbocycles. The predicted molar refractivity (Wildman–Crippen MR) is 82.9 cm³/mol. The minimum Gasteiger partial charge on any atom is -0.462 e. The Bertz CT molecular complexity index is 660. The van der Waals surface area contributed by atoms with Gasteiger partial charge in [0.15, 0.2) is 11.6 Å². The molecule has 1 saturated heterocycles. The maximum atomic E-state index is 13.3. The van der Waals surface area contributed by atoms with Crippen LogP contribution in [0, 0.1) is 11.6 Å². The van der Waals surface area contributed by atoms with Gasteiger partial charge in [0.25, 0.3) is 0 Å². The number of halogens is 2. The number of nitrogens with zero attached hydrogens (tertiary/aromatic N) is 1. The molecular formula is C17H20F2N2O2. The van der Waals surface area contributed by atoms with E-state index in [0.29, 0.717) is 18.0 Å². The predicted octanol–water partition coefficient (Wildman–Crippen LogP) is 3.13. The molecule has 1 aromatic heterocycles. The van der Waals surface area contributed by atoms with Crippen molar-refractivity contribution >= 4 is 5.69 Å². The van der Waals surface area contributed by atoms with Crippen LogP contribution in [-0.4, -0.2) is 29.1 Å². The van der Waals surface area contributed by atoms with Crippen LogP contribution < -0.4 is 5.32 Å². The summed E-state index contributed by atoms with van der Waals surface area (Å²) in [7, 11) is 0. The number of hydrogen-bond acceptors (Lipinski definition) is 4. The van der Waals surface area contributed by atoms with Gasteiger partial charge in [0, 0.05) is 24.3 Å². The summed E-state index contributed by atoms with van der Waals surface area (Å²) in [5.74, 6) is -0.288. The van der Waals surface area contributed by atoms with E-state index < -0.39 is 11.6 Å². The van der Waals surface area contributed by atoms with E-state index in [1.807, 2.05) is 6.07 Å². The van der Waals surface area contributed by atoms with Crippen molar-refractivity contribution in [3.05, 3.63) is 53.5 Å². The summed E-state index contributed by atoms with van der Waals surface area (Å²) < 4.78 is 31.8. The molecule has 0 bridgehead atoms. The first-order valence-corrected chi connectivity index (χ1v) is 7.76. The standard InChI is InChI=1S/C17H20F2N2O2/c18-16-6-3-12(8-17(16)19)20-13-2-1-7-21(9-13)10-14-4-5-15(11-22)23-14/h3-6,8,13,20,22H,1-2,7,9-11H2/t13-/m0/s1. The van der Waals surface area contributed by atoms with E-state index in [0.717, 1.165) is 37.8 Å². The van der Waals surface area contributed by atoms with Crippen molar-refractivity contribution in [2.45, 2.75) is 32.0 Å². The highest BCUT2D eigenvalue weighted by atomic mass is 19.2. The number of aliphatic hydroxyl groups is 1. The largest absolute Gasteiger partial charge is 0.462 e. The van der Waals surface area contributed by atoms with Crippen molar-refractivity contribution in [1.29, 1.82) is 0 Å². The zero-order valence-corrected chi connectivity index (χ0v) is 12.8. The minimum absolute atomic E-state index is 0.0969. The minimum atomic E-state index is -0.838. The van der Waals surface area contributed by atoms with Gasteiger partial charge >= 0.3 is 0 Å². The molecule has 0 spiro atoms. The number of piperidine rings is 1. The van der Waals surface area contributed by atoms with E-state index in [1.54, 1.807) is 12.1 Å². The molecule has 0 aliphatic carbocycles. The SMILES string of the molecule is OCc1ccc(CN2CCC[C@H](Nc3ccc(F)c(F)c3)C2)o1. The van der Waals surface area contributed by atoms with Gasteiger partial charge < -0.3 is 14.8 Å². The highest BCUT2D eigenvalue weighted by molar-refractivity contribution is 5.44. The number of furan rings is 1. The Morgan fingerprint density at radius 1 is 1.17 bits per heavy atom. The highest BCUT2D eigenvalue weighted by Crippen LogP contribution is 2.20. The molecule has 23 heavy (non-hydrogen) atoms. The smallest absolute Gasteiger partial charge is 0.160 e. The summed E-state index contributed by atoms with van der Waals surface area (Å²) in [6.07, 6.45) is 2.00. The molecule has 2 N–H and O–H groups in total. The molecule has 1 aliphatic heterocycles. The lowest BCUT2D eigenvalue weighted by Gasteiger charge is -2.33. The molecule has 0 radical (unpaired) electrons. The van der Waals surface area contributed by atoms with Crippen LogP contribution in [0.4, 0.5) is 14.5 Å². The summed E-state index contributed by atoms with van der Waals surface area (Å²) >= 11 is 0. The van der Waals surface area contributed by atoms with Crippen LogP contribution >= 0.6 is 0 Å². The third kappa shape index (κ3) is 4.09. The summed E-state index contributed by atoms with van der Waals surface area (Å²) in [5, 5.41) is 12.3. The first-order chi connectivity index (χ1) is 11.1. The molecule has 3 rings (SSSR count). The third-order valence-electron chi connectivity index (χ3n) is 4.05. The van der Waals surface area contributed by atoms with E-state index in [2.05, 4.69) is 10.2 Å². The second-order valence-electron chi connectivity index (χ2n) is 5.87. The summed E-state index contributed by atoms with van der Waals surface area (Å²) in [5.41, 5.74) is 0.594. The molecule has 0 amide bonds. The average molecular weight is 322 g/mol. The van der Waals surface area contributed by atoms with Crippen LogP contribution in [0.1, 0.15) is 24.4 Å². The van der Waals surface area contributed by atoms with Crippen LogP contribution in [0.15, 0.2) is 34.7 Å². The maximum Gasteiger partial charge on any atom is 0.160 e. The topological polar surface area (TPSA) is 48.6 Å². The van der Waals surface area contributed by atoms with Crippen molar-refractivity contribution < 1.29 is 18.3 Å². The van der Waals surface area contributed by atoms with E-state index in [4.69, 9.17) is 9.52 Å². The van der Waals surface area contributed by atoms with Crippen LogP contribution in [-0.2, 0) is 13.2 Å². The number of aliphatic hydroxyl groups excluding tert-OH is 1. The molecular weight excluding hydrogens is 302 g/mol. The van der Waals surface area contributed by atoms with Crippen molar-refractivity contribution in [2.24, 2.45) is 0 Å². The van der Waals surface area contributed by atoms with Gasteiger partial charge in [-0.15, -0.1) is 0 Å². The number of likely N-dealkylation sites (tertiary alicyclic amines) is 1. The van der Waals surface area contributed by atoms with Crippen LogP contribution in [0.5, 0.6) is 0 Å². The number of rotatable bonds is 5. The van der Waals surface area contributed by atoms with Crippen molar-refractivity contribution in [2.75, 3.05) is 18.4 Å². The average Bonchev–Trinajstić information content (AvgIpc) is 2.99. The second kappa shape index (κ2) is 7.10. The second-order valence-corrected chi connectivity index (χ2v) is 5.87. The molecule has 124 valence electrons. The normalized spacial score (nSPS) is 19.0. The number of hydrogen-bond donors (Lipinski definition) is 2. The van der Waals surface area contributed by atoms with Crippen molar-refractivity contribution in [3.63, 3.8) is 0 Å². The highest BCUT2D eigenvalue weighted by Gasteiger charge is 2.21. The Labute approximate surface area is 133 Å². The fourth-order valence-electron chi connectivity index (χ4n) is 2.95. The quantitative estimate of drug-likeness (QED) is 0.888. The van der Waals surface area contributed by atoms with E-state index in [-0.39, 0.29) is 12.6 Å². The van der Waals surface area contributed by atoms with Gasteiger partial charge in [-0.2, -0.15) is 0 Å². The van der Waals surface area contributed by atoms with Gasteiger partial charge in [0.1, 0.15) is 18.1 Å². The molecule has 0 unspecified atom stereocenters.